The van der Waals surface area contributed by atoms with Crippen molar-refractivity contribution < 1.29 is 21.9 Å². The Morgan fingerprint density at radius 1 is 0.929 bits per heavy atom. The zero-order valence-electron chi connectivity index (χ0n) is 14.4. The summed E-state index contributed by atoms with van der Waals surface area (Å²) >= 11 is 0. The third-order valence-corrected chi connectivity index (χ3v) is 6.33. The van der Waals surface area contributed by atoms with Crippen molar-refractivity contribution in [1.29, 1.82) is 21.0 Å². The number of hydrogen-bond donors (Lipinski definition) is 1. The highest BCUT2D eigenvalue weighted by Crippen LogP contribution is 2.18. The number of aliphatic hydroxyl groups is 1. The van der Waals surface area contributed by atoms with Gasteiger partial charge in [-0.2, -0.15) is 21.0 Å². The molecule has 0 aliphatic heterocycles. The van der Waals surface area contributed by atoms with Crippen LogP contribution < -0.4 is 0 Å². The summed E-state index contributed by atoms with van der Waals surface area (Å²) in [6.07, 6.45) is 3.19. The first kappa shape index (κ1) is 24.4. The normalized spacial score (nSPS) is 14.3. The van der Waals surface area contributed by atoms with E-state index in [9.17, 15) is 21.9 Å². The maximum absolute atomic E-state index is 12.0. The molecule has 0 radical (unpaired) electrons. The minimum Gasteiger partial charge on any atom is -0.508 e. The van der Waals surface area contributed by atoms with Crippen LogP contribution >= 0.6 is 0 Å². The van der Waals surface area contributed by atoms with E-state index in [2.05, 4.69) is 13.2 Å². The summed E-state index contributed by atoms with van der Waals surface area (Å²) in [6, 6.07) is 5.67. The molecule has 1 unspecified atom stereocenters. The van der Waals surface area contributed by atoms with E-state index in [0.29, 0.717) is 12.2 Å². The Morgan fingerprint density at radius 3 is 1.89 bits per heavy atom. The van der Waals surface area contributed by atoms with E-state index in [1.165, 1.54) is 24.3 Å². The van der Waals surface area contributed by atoms with E-state index in [1.807, 2.05) is 0 Å². The topological polar surface area (TPSA) is 184 Å². The zero-order valence-corrected chi connectivity index (χ0v) is 16.0. The lowest BCUT2D eigenvalue weighted by Crippen LogP contribution is -2.23. The van der Waals surface area contributed by atoms with Gasteiger partial charge in [0.15, 0.2) is 29.8 Å². The maximum Gasteiger partial charge on any atom is 0.193 e. The van der Waals surface area contributed by atoms with Gasteiger partial charge in [-0.15, -0.1) is 13.2 Å². The molecule has 9 nitrogen and oxygen atoms in total. The Hall–Kier alpha value is -3.64. The standard InChI is InChI=1S/C17H14N4O5S2/c1-3-5-27(23,24)16(11-20)13(9-18)7-15(22)8-14(10-19)17(12-21)28(25,26)6-4-2/h3-4,7-8,16,22H,1-2,5-6H2. The van der Waals surface area contributed by atoms with Crippen molar-refractivity contribution in [2.45, 2.75) is 5.25 Å². The first-order valence-electron chi connectivity index (χ1n) is 7.17. The van der Waals surface area contributed by atoms with Gasteiger partial charge in [0.25, 0.3) is 0 Å². The van der Waals surface area contributed by atoms with Crippen LogP contribution in [-0.4, -0.2) is 38.7 Å². The molecule has 0 rings (SSSR count). The van der Waals surface area contributed by atoms with Crippen LogP contribution in [0.5, 0.6) is 0 Å². The van der Waals surface area contributed by atoms with Crippen LogP contribution in [0.15, 0.2) is 59.3 Å². The van der Waals surface area contributed by atoms with Crippen LogP contribution in [0.3, 0.4) is 0 Å². The second-order valence-corrected chi connectivity index (χ2v) is 9.05. The molecule has 0 saturated carbocycles. The summed E-state index contributed by atoms with van der Waals surface area (Å²) in [5, 5.41) is 44.4. The van der Waals surface area contributed by atoms with Crippen LogP contribution in [0, 0.1) is 45.3 Å². The van der Waals surface area contributed by atoms with Gasteiger partial charge in [0.2, 0.25) is 0 Å². The van der Waals surface area contributed by atoms with E-state index >= 15 is 0 Å². The van der Waals surface area contributed by atoms with Crippen molar-refractivity contribution in [3.8, 4) is 24.3 Å². The molecule has 0 fully saturated rings. The van der Waals surface area contributed by atoms with E-state index in [1.54, 1.807) is 0 Å². The molecule has 144 valence electrons. The lowest BCUT2D eigenvalue weighted by atomic mass is 10.1. The molecule has 0 aromatic rings. The van der Waals surface area contributed by atoms with Gasteiger partial charge in [-0.05, 0) is 12.2 Å². The lowest BCUT2D eigenvalue weighted by Gasteiger charge is -2.07. The van der Waals surface area contributed by atoms with Gasteiger partial charge in [0.1, 0.15) is 17.9 Å². The molecule has 0 aromatic heterocycles. The first-order chi connectivity index (χ1) is 13.0. The van der Waals surface area contributed by atoms with Crippen molar-refractivity contribution in [3.63, 3.8) is 0 Å². The van der Waals surface area contributed by atoms with Crippen LogP contribution in [0.4, 0.5) is 0 Å². The number of rotatable bonds is 9. The highest BCUT2D eigenvalue weighted by Gasteiger charge is 2.28. The first-order valence-corrected chi connectivity index (χ1v) is 10.5. The van der Waals surface area contributed by atoms with Gasteiger partial charge in [-0.3, -0.25) is 0 Å². The number of aliphatic hydroxyl groups excluding tert-OH is 1. The summed E-state index contributed by atoms with van der Waals surface area (Å²) in [4.78, 5) is -0.940. The summed E-state index contributed by atoms with van der Waals surface area (Å²) in [5.41, 5.74) is -1.40. The molecule has 1 N–H and O–H groups in total. The Labute approximate surface area is 163 Å². The Kier molecular flexibility index (Phi) is 9.13. The Balaban J connectivity index is 6.50. The molecule has 0 amide bonds. The molecule has 0 spiro atoms. The quantitative estimate of drug-likeness (QED) is 0.249. The van der Waals surface area contributed by atoms with E-state index in [-0.39, 0.29) is 0 Å². The minimum absolute atomic E-state index is 0.574. The van der Waals surface area contributed by atoms with Gasteiger partial charge in [-0.25, -0.2) is 16.8 Å². The number of sulfone groups is 2. The SMILES string of the molecule is C=CCS(=O)(=O)C(C#N)=C(C#N)C=C(O)C=C(C#N)C(C#N)S(=O)(=O)CC=C. The van der Waals surface area contributed by atoms with Gasteiger partial charge in [0.05, 0.1) is 34.8 Å². The van der Waals surface area contributed by atoms with Gasteiger partial charge in [0, 0.05) is 0 Å². The fourth-order valence-electron chi connectivity index (χ4n) is 1.80. The predicted molar refractivity (Wildman–Crippen MR) is 100 cm³/mol. The smallest absolute Gasteiger partial charge is 0.193 e. The highest BCUT2D eigenvalue weighted by atomic mass is 32.2. The molecule has 0 aromatic carbocycles. The van der Waals surface area contributed by atoms with Crippen LogP contribution in [0.25, 0.3) is 0 Å². The summed E-state index contributed by atoms with van der Waals surface area (Å²) in [6.45, 7) is 6.46. The summed E-state index contributed by atoms with van der Waals surface area (Å²) in [5.74, 6) is -2.13. The van der Waals surface area contributed by atoms with Crippen LogP contribution in [-0.2, 0) is 19.7 Å². The molecular formula is C17H14N4O5S2. The fraction of sp³-hybridized carbons (Fsp3) is 0.176. The van der Waals surface area contributed by atoms with Crippen molar-refractivity contribution in [2.24, 2.45) is 0 Å². The molecule has 11 heteroatoms. The summed E-state index contributed by atoms with van der Waals surface area (Å²) < 4.78 is 47.9. The number of allylic oxidation sites excluding steroid dienone is 4. The minimum atomic E-state index is -4.19. The van der Waals surface area contributed by atoms with Gasteiger partial charge in [-0.1, -0.05) is 12.2 Å². The fourth-order valence-corrected chi connectivity index (χ4v) is 4.05. The average molecular weight is 418 g/mol. The molecule has 28 heavy (non-hydrogen) atoms. The largest absolute Gasteiger partial charge is 0.508 e. The molecular weight excluding hydrogens is 404 g/mol. The van der Waals surface area contributed by atoms with Crippen LogP contribution in [0.2, 0.25) is 0 Å². The average Bonchev–Trinajstić information content (AvgIpc) is 2.60. The highest BCUT2D eigenvalue weighted by molar-refractivity contribution is 7.95. The molecule has 0 saturated heterocycles. The zero-order chi connectivity index (χ0) is 22.0. The van der Waals surface area contributed by atoms with E-state index in [0.717, 1.165) is 12.2 Å². The van der Waals surface area contributed by atoms with Crippen molar-refractivity contribution in [2.75, 3.05) is 11.5 Å². The third-order valence-electron chi connectivity index (χ3n) is 2.95. The predicted octanol–water partition coefficient (Wildman–Crippen LogP) is 1.27. The van der Waals surface area contributed by atoms with Gasteiger partial charge < -0.3 is 5.11 Å². The second-order valence-electron chi connectivity index (χ2n) is 4.94. The second kappa shape index (κ2) is 10.5. The molecule has 0 bridgehead atoms. The van der Waals surface area contributed by atoms with Crippen LogP contribution in [0.1, 0.15) is 0 Å². The molecule has 0 aliphatic rings. The number of hydrogen-bond acceptors (Lipinski definition) is 9. The number of nitrogens with zero attached hydrogens (tertiary/aromatic N) is 4. The van der Waals surface area contributed by atoms with E-state index in [4.69, 9.17) is 21.0 Å². The third kappa shape index (κ3) is 6.26. The maximum atomic E-state index is 12.0. The van der Waals surface area contributed by atoms with Gasteiger partial charge >= 0.3 is 0 Å². The Morgan fingerprint density at radius 2 is 1.50 bits per heavy atom. The summed E-state index contributed by atoms with van der Waals surface area (Å²) in [7, 11) is -8.30. The van der Waals surface area contributed by atoms with E-state index < -0.39 is 58.2 Å². The number of nitriles is 4. The monoisotopic (exact) mass is 418 g/mol. The van der Waals surface area contributed by atoms with Crippen molar-refractivity contribution in [3.05, 3.63) is 59.3 Å². The molecule has 0 heterocycles. The van der Waals surface area contributed by atoms with Crippen molar-refractivity contribution in [1.82, 2.24) is 0 Å². The Bertz CT molecular complexity index is 1130. The molecule has 1 atom stereocenters. The lowest BCUT2D eigenvalue weighted by molar-refractivity contribution is 0.431. The van der Waals surface area contributed by atoms with Crippen molar-refractivity contribution >= 4 is 19.7 Å². The molecule has 0 aliphatic carbocycles.